The van der Waals surface area contributed by atoms with E-state index in [-0.39, 0.29) is 24.2 Å². The van der Waals surface area contributed by atoms with Crippen LogP contribution in [0.3, 0.4) is 0 Å². The highest BCUT2D eigenvalue weighted by Gasteiger charge is 2.27. The standard InChI is InChI=1S/C19H29BrN2O.ClH/c1-13(2)9-16(10-15-5-4-6-17(20)11-15)19(23)22-18-7-8-21-12-14(18)3;/h4-6,11,13-14,16,18,21H,7-10,12H2,1-3H3,(H,22,23);1H. The average molecular weight is 418 g/mol. The van der Waals surface area contributed by atoms with Gasteiger partial charge in [-0.25, -0.2) is 0 Å². The van der Waals surface area contributed by atoms with Crippen LogP contribution in [0.4, 0.5) is 0 Å². The summed E-state index contributed by atoms with van der Waals surface area (Å²) in [6.45, 7) is 8.58. The molecular formula is C19H30BrClN2O. The largest absolute Gasteiger partial charge is 0.353 e. The van der Waals surface area contributed by atoms with Gasteiger partial charge in [0.25, 0.3) is 0 Å². The lowest BCUT2D eigenvalue weighted by atomic mass is 9.88. The molecule has 1 aliphatic rings. The van der Waals surface area contributed by atoms with Crippen LogP contribution in [0.25, 0.3) is 0 Å². The SMILES string of the molecule is CC(C)CC(Cc1cccc(Br)c1)C(=O)NC1CCNCC1C.Cl. The van der Waals surface area contributed by atoms with Gasteiger partial charge >= 0.3 is 0 Å². The predicted octanol–water partition coefficient (Wildman–Crippen LogP) is 4.19. The molecule has 1 saturated heterocycles. The lowest BCUT2D eigenvalue weighted by Gasteiger charge is -2.32. The second kappa shape index (κ2) is 10.4. The molecular weight excluding hydrogens is 388 g/mol. The summed E-state index contributed by atoms with van der Waals surface area (Å²) in [5, 5.41) is 6.71. The second-order valence-electron chi connectivity index (χ2n) is 7.25. The zero-order valence-electron chi connectivity index (χ0n) is 14.8. The summed E-state index contributed by atoms with van der Waals surface area (Å²) in [5.41, 5.74) is 1.22. The molecule has 0 spiro atoms. The number of rotatable bonds is 6. The molecule has 1 heterocycles. The maximum atomic E-state index is 12.8. The molecule has 0 radical (unpaired) electrons. The van der Waals surface area contributed by atoms with Crippen molar-refractivity contribution >= 4 is 34.2 Å². The molecule has 1 fully saturated rings. The maximum absolute atomic E-state index is 12.8. The van der Waals surface area contributed by atoms with Crippen LogP contribution >= 0.6 is 28.3 Å². The van der Waals surface area contributed by atoms with Crippen molar-refractivity contribution in [2.45, 2.75) is 46.1 Å². The summed E-state index contributed by atoms with van der Waals surface area (Å²) in [4.78, 5) is 12.8. The molecule has 0 saturated carbocycles. The Morgan fingerprint density at radius 2 is 2.17 bits per heavy atom. The number of carbonyl (C=O) groups is 1. The van der Waals surface area contributed by atoms with E-state index in [1.54, 1.807) is 0 Å². The highest BCUT2D eigenvalue weighted by molar-refractivity contribution is 9.10. The molecule has 5 heteroatoms. The van der Waals surface area contributed by atoms with Gasteiger partial charge in [0.1, 0.15) is 0 Å². The van der Waals surface area contributed by atoms with Gasteiger partial charge in [-0.2, -0.15) is 0 Å². The van der Waals surface area contributed by atoms with E-state index in [0.29, 0.717) is 17.9 Å². The van der Waals surface area contributed by atoms with Crippen LogP contribution in [0.1, 0.15) is 39.2 Å². The summed E-state index contributed by atoms with van der Waals surface area (Å²) >= 11 is 3.52. The van der Waals surface area contributed by atoms with Crippen molar-refractivity contribution in [1.82, 2.24) is 10.6 Å². The van der Waals surface area contributed by atoms with Crippen molar-refractivity contribution in [2.75, 3.05) is 13.1 Å². The Kier molecular flexibility index (Phi) is 9.32. The van der Waals surface area contributed by atoms with Crippen LogP contribution in [-0.2, 0) is 11.2 Å². The van der Waals surface area contributed by atoms with Crippen LogP contribution in [0.15, 0.2) is 28.7 Å². The molecule has 2 N–H and O–H groups in total. The van der Waals surface area contributed by atoms with Gasteiger partial charge in [-0.05, 0) is 61.9 Å². The van der Waals surface area contributed by atoms with Crippen molar-refractivity contribution in [3.8, 4) is 0 Å². The summed E-state index contributed by atoms with van der Waals surface area (Å²) in [5.74, 6) is 1.28. The van der Waals surface area contributed by atoms with Crippen molar-refractivity contribution < 1.29 is 4.79 Å². The monoisotopic (exact) mass is 416 g/mol. The Labute approximate surface area is 160 Å². The number of benzene rings is 1. The Bertz CT molecular complexity index is 524. The van der Waals surface area contributed by atoms with E-state index in [9.17, 15) is 4.79 Å². The molecule has 3 nitrogen and oxygen atoms in total. The summed E-state index contributed by atoms with van der Waals surface area (Å²) in [6.07, 6.45) is 2.76. The van der Waals surface area contributed by atoms with Crippen LogP contribution in [0.2, 0.25) is 0 Å². The number of nitrogens with one attached hydrogen (secondary N) is 2. The maximum Gasteiger partial charge on any atom is 0.223 e. The van der Waals surface area contributed by atoms with Crippen LogP contribution in [-0.4, -0.2) is 25.0 Å². The fraction of sp³-hybridized carbons (Fsp3) is 0.632. The lowest BCUT2D eigenvalue weighted by molar-refractivity contribution is -0.126. The van der Waals surface area contributed by atoms with Gasteiger partial charge in [0.2, 0.25) is 5.91 Å². The van der Waals surface area contributed by atoms with Gasteiger partial charge in [0, 0.05) is 16.4 Å². The van der Waals surface area contributed by atoms with E-state index < -0.39 is 0 Å². The van der Waals surface area contributed by atoms with Gasteiger partial charge < -0.3 is 10.6 Å². The van der Waals surface area contributed by atoms with Crippen molar-refractivity contribution in [3.05, 3.63) is 34.3 Å². The van der Waals surface area contributed by atoms with E-state index >= 15 is 0 Å². The van der Waals surface area contributed by atoms with Gasteiger partial charge in [-0.1, -0.05) is 48.8 Å². The summed E-state index contributed by atoms with van der Waals surface area (Å²) in [7, 11) is 0. The zero-order chi connectivity index (χ0) is 16.8. The Morgan fingerprint density at radius 1 is 1.42 bits per heavy atom. The van der Waals surface area contributed by atoms with E-state index in [1.165, 1.54) is 5.56 Å². The number of piperidine rings is 1. The summed E-state index contributed by atoms with van der Waals surface area (Å²) in [6, 6.07) is 8.60. The fourth-order valence-corrected chi connectivity index (χ4v) is 3.78. The topological polar surface area (TPSA) is 41.1 Å². The van der Waals surface area contributed by atoms with E-state index in [2.05, 4.69) is 59.5 Å². The quantitative estimate of drug-likeness (QED) is 0.728. The first-order valence-electron chi connectivity index (χ1n) is 8.71. The first kappa shape index (κ1) is 21.5. The fourth-order valence-electron chi connectivity index (χ4n) is 3.33. The molecule has 3 atom stereocenters. The number of amides is 1. The van der Waals surface area contributed by atoms with Gasteiger partial charge in [0.05, 0.1) is 0 Å². The van der Waals surface area contributed by atoms with Crippen molar-refractivity contribution in [2.24, 2.45) is 17.8 Å². The smallest absolute Gasteiger partial charge is 0.223 e. The molecule has 1 aromatic rings. The van der Waals surface area contributed by atoms with Gasteiger partial charge in [-0.3, -0.25) is 4.79 Å². The molecule has 0 aromatic heterocycles. The van der Waals surface area contributed by atoms with Gasteiger partial charge in [-0.15, -0.1) is 12.4 Å². The third-order valence-corrected chi connectivity index (χ3v) is 5.10. The van der Waals surface area contributed by atoms with Crippen LogP contribution < -0.4 is 10.6 Å². The highest BCUT2D eigenvalue weighted by Crippen LogP contribution is 2.21. The third kappa shape index (κ3) is 6.73. The molecule has 1 aromatic carbocycles. The van der Waals surface area contributed by atoms with Gasteiger partial charge in [0.15, 0.2) is 0 Å². The van der Waals surface area contributed by atoms with E-state index in [1.807, 2.05) is 12.1 Å². The minimum atomic E-state index is 0. The highest BCUT2D eigenvalue weighted by atomic mass is 79.9. The Hall–Kier alpha value is -0.580. The van der Waals surface area contributed by atoms with Crippen LogP contribution in [0, 0.1) is 17.8 Å². The molecule has 136 valence electrons. The third-order valence-electron chi connectivity index (χ3n) is 4.61. The Balaban J connectivity index is 0.00000288. The van der Waals surface area contributed by atoms with E-state index in [4.69, 9.17) is 0 Å². The predicted molar refractivity (Wildman–Crippen MR) is 107 cm³/mol. The van der Waals surface area contributed by atoms with Crippen LogP contribution in [0.5, 0.6) is 0 Å². The first-order chi connectivity index (χ1) is 11.0. The molecule has 24 heavy (non-hydrogen) atoms. The van der Waals surface area contributed by atoms with Crippen molar-refractivity contribution in [3.63, 3.8) is 0 Å². The molecule has 2 rings (SSSR count). The average Bonchev–Trinajstić information content (AvgIpc) is 2.48. The zero-order valence-corrected chi connectivity index (χ0v) is 17.3. The Morgan fingerprint density at radius 3 is 2.79 bits per heavy atom. The minimum absolute atomic E-state index is 0. The number of halogens is 2. The minimum Gasteiger partial charge on any atom is -0.353 e. The molecule has 3 unspecified atom stereocenters. The lowest BCUT2D eigenvalue weighted by Crippen LogP contribution is -2.50. The number of carbonyl (C=O) groups excluding carboxylic acids is 1. The number of hydrogen-bond donors (Lipinski definition) is 2. The van der Waals surface area contributed by atoms with E-state index in [0.717, 1.165) is 36.8 Å². The molecule has 1 aliphatic heterocycles. The number of hydrogen-bond acceptors (Lipinski definition) is 2. The molecule has 1 amide bonds. The molecule has 0 bridgehead atoms. The second-order valence-corrected chi connectivity index (χ2v) is 8.16. The van der Waals surface area contributed by atoms with Crippen molar-refractivity contribution in [1.29, 1.82) is 0 Å². The summed E-state index contributed by atoms with van der Waals surface area (Å²) < 4.78 is 1.07. The first-order valence-corrected chi connectivity index (χ1v) is 9.50. The molecule has 0 aliphatic carbocycles. The normalized spacial score (nSPS) is 21.9.